The molecule has 10 rings (SSSR count). The summed E-state index contributed by atoms with van der Waals surface area (Å²) in [6.07, 6.45) is 3.97. The first-order valence-corrected chi connectivity index (χ1v) is 15.4. The quantitative estimate of drug-likeness (QED) is 0.208. The molecule has 6 aromatic carbocycles. The van der Waals surface area contributed by atoms with Gasteiger partial charge >= 0.3 is 0 Å². The number of hydrogen-bond acceptors (Lipinski definition) is 5. The molecule has 206 valence electrons. The van der Waals surface area contributed by atoms with E-state index in [-0.39, 0.29) is 0 Å². The van der Waals surface area contributed by atoms with Crippen molar-refractivity contribution in [3.8, 4) is 0 Å². The molecule has 5 heteroatoms. The first kappa shape index (κ1) is 23.9. The zero-order chi connectivity index (χ0) is 28.8. The van der Waals surface area contributed by atoms with Gasteiger partial charge in [-0.15, -0.1) is 11.3 Å². The van der Waals surface area contributed by atoms with Gasteiger partial charge in [0.2, 0.25) is 0 Å². The highest BCUT2D eigenvalue weighted by molar-refractivity contribution is 7.26. The van der Waals surface area contributed by atoms with Gasteiger partial charge in [-0.2, -0.15) is 0 Å². The van der Waals surface area contributed by atoms with E-state index in [0.29, 0.717) is 0 Å². The van der Waals surface area contributed by atoms with E-state index in [0.717, 1.165) is 66.3 Å². The van der Waals surface area contributed by atoms with Crippen LogP contribution < -0.4 is 4.90 Å². The van der Waals surface area contributed by atoms with Crippen LogP contribution in [0.25, 0.3) is 74.8 Å². The number of thiophene rings is 1. The van der Waals surface area contributed by atoms with Crippen LogP contribution in [0.15, 0.2) is 143 Å². The summed E-state index contributed by atoms with van der Waals surface area (Å²) < 4.78 is 15.1. The first-order chi connectivity index (χ1) is 21.8. The number of para-hydroxylation sites is 2. The van der Waals surface area contributed by atoms with Gasteiger partial charge in [0, 0.05) is 66.7 Å². The first-order valence-electron chi connectivity index (χ1n) is 14.6. The summed E-state index contributed by atoms with van der Waals surface area (Å²) in [7, 11) is 0. The maximum atomic E-state index is 6.35. The van der Waals surface area contributed by atoms with Crippen LogP contribution in [0, 0.1) is 0 Å². The molecule has 0 aliphatic heterocycles. The smallest absolute Gasteiger partial charge is 0.137 e. The van der Waals surface area contributed by atoms with Crippen LogP contribution in [0.2, 0.25) is 0 Å². The highest BCUT2D eigenvalue weighted by Crippen LogP contribution is 2.46. The van der Waals surface area contributed by atoms with Crippen molar-refractivity contribution in [1.29, 1.82) is 0 Å². The number of pyridine rings is 1. The van der Waals surface area contributed by atoms with Gasteiger partial charge in [-0.25, -0.2) is 0 Å². The summed E-state index contributed by atoms with van der Waals surface area (Å²) in [5.74, 6) is 0. The summed E-state index contributed by atoms with van der Waals surface area (Å²) in [5.41, 5.74) is 6.46. The molecule has 0 aliphatic carbocycles. The van der Waals surface area contributed by atoms with Gasteiger partial charge in [0.05, 0.1) is 16.6 Å². The number of rotatable bonds is 3. The van der Waals surface area contributed by atoms with Gasteiger partial charge < -0.3 is 13.7 Å². The summed E-state index contributed by atoms with van der Waals surface area (Å²) in [5, 5.41) is 9.26. The predicted octanol–water partition coefficient (Wildman–Crippen LogP) is 11.9. The van der Waals surface area contributed by atoms with Gasteiger partial charge in [-0.1, -0.05) is 60.7 Å². The minimum atomic E-state index is 0.848. The van der Waals surface area contributed by atoms with E-state index in [1.807, 2.05) is 48.0 Å². The Balaban J connectivity index is 1.26. The summed E-state index contributed by atoms with van der Waals surface area (Å²) in [6, 6.07) is 42.5. The monoisotopic (exact) mass is 582 g/mol. The molecule has 0 aliphatic rings. The highest BCUT2D eigenvalue weighted by Gasteiger charge is 2.21. The lowest BCUT2D eigenvalue weighted by molar-refractivity contribution is 0.669. The van der Waals surface area contributed by atoms with Gasteiger partial charge in [0.1, 0.15) is 22.3 Å². The molecule has 0 unspecified atom stereocenters. The Hall–Kier alpha value is -5.65. The number of aromatic nitrogens is 1. The average Bonchev–Trinajstić information content (AvgIpc) is 3.74. The predicted molar refractivity (Wildman–Crippen MR) is 184 cm³/mol. The fourth-order valence-corrected chi connectivity index (χ4v) is 7.86. The van der Waals surface area contributed by atoms with Crippen molar-refractivity contribution >= 4 is 103 Å². The van der Waals surface area contributed by atoms with E-state index < -0.39 is 0 Å². The number of nitrogens with zero attached hydrogens (tertiary/aromatic N) is 2. The molecule has 0 bridgehead atoms. The Kier molecular flexibility index (Phi) is 4.84. The highest BCUT2D eigenvalue weighted by atomic mass is 32.1. The Morgan fingerprint density at radius 1 is 0.477 bits per heavy atom. The number of hydrogen-bond donors (Lipinski definition) is 0. The molecule has 4 nitrogen and oxygen atoms in total. The van der Waals surface area contributed by atoms with E-state index in [2.05, 4.69) is 102 Å². The summed E-state index contributed by atoms with van der Waals surface area (Å²) >= 11 is 1.81. The molecule has 0 saturated heterocycles. The zero-order valence-corrected chi connectivity index (χ0v) is 24.1. The minimum absolute atomic E-state index is 0.848. The second-order valence-corrected chi connectivity index (χ2v) is 12.3. The van der Waals surface area contributed by atoms with E-state index in [4.69, 9.17) is 13.8 Å². The fraction of sp³-hybridized carbons (Fsp3) is 0. The standard InChI is InChI=1S/C39H22N2O2S/c1-2-8-24-18-38-31(17-23(24)7-1)32-21-40-22-33(39(32)44-38)41(25-13-15-29-27-9-3-5-11-34(27)42-36(29)19-25)26-14-16-30-28-10-4-6-12-35(28)43-37(30)20-26/h1-22H. The third kappa shape index (κ3) is 3.41. The largest absolute Gasteiger partial charge is 0.456 e. The fourth-order valence-electron chi connectivity index (χ4n) is 6.65. The molecule has 0 amide bonds. The summed E-state index contributed by atoms with van der Waals surface area (Å²) in [6.45, 7) is 0. The molecule has 0 radical (unpaired) electrons. The van der Waals surface area contributed by atoms with Gasteiger partial charge in [0.15, 0.2) is 0 Å². The molecule has 0 saturated carbocycles. The molecule has 0 N–H and O–H groups in total. The van der Waals surface area contributed by atoms with E-state index >= 15 is 0 Å². The molecule has 0 fully saturated rings. The van der Waals surface area contributed by atoms with Crippen molar-refractivity contribution in [2.45, 2.75) is 0 Å². The van der Waals surface area contributed by atoms with Crippen LogP contribution in [0.1, 0.15) is 0 Å². The topological polar surface area (TPSA) is 42.4 Å². The third-order valence-electron chi connectivity index (χ3n) is 8.71. The molecule has 10 aromatic rings. The molecule has 44 heavy (non-hydrogen) atoms. The Labute approximate surface area is 255 Å². The van der Waals surface area contributed by atoms with Crippen molar-refractivity contribution in [1.82, 2.24) is 4.98 Å². The number of furan rings is 2. The van der Waals surface area contributed by atoms with E-state index in [9.17, 15) is 0 Å². The van der Waals surface area contributed by atoms with Gasteiger partial charge in [-0.05, 0) is 59.3 Å². The van der Waals surface area contributed by atoms with E-state index in [1.165, 1.54) is 25.6 Å². The third-order valence-corrected chi connectivity index (χ3v) is 9.90. The number of fused-ring (bicyclic) bond motifs is 10. The molecular formula is C39H22N2O2S. The molecule has 4 heterocycles. The maximum absolute atomic E-state index is 6.35. The van der Waals surface area contributed by atoms with Crippen LogP contribution >= 0.6 is 11.3 Å². The van der Waals surface area contributed by atoms with Crippen LogP contribution in [0.5, 0.6) is 0 Å². The second-order valence-electron chi connectivity index (χ2n) is 11.2. The average molecular weight is 583 g/mol. The van der Waals surface area contributed by atoms with E-state index in [1.54, 1.807) is 0 Å². The Morgan fingerprint density at radius 3 is 1.70 bits per heavy atom. The number of anilines is 3. The van der Waals surface area contributed by atoms with Gasteiger partial charge in [0.25, 0.3) is 0 Å². The van der Waals surface area contributed by atoms with Crippen molar-refractivity contribution in [3.05, 3.63) is 134 Å². The van der Waals surface area contributed by atoms with Crippen LogP contribution in [0.3, 0.4) is 0 Å². The maximum Gasteiger partial charge on any atom is 0.137 e. The van der Waals surface area contributed by atoms with Crippen LogP contribution in [-0.2, 0) is 0 Å². The lowest BCUT2D eigenvalue weighted by Crippen LogP contribution is -2.10. The van der Waals surface area contributed by atoms with Crippen molar-refractivity contribution in [2.24, 2.45) is 0 Å². The molecule has 4 aromatic heterocycles. The lowest BCUT2D eigenvalue weighted by atomic mass is 10.1. The normalized spacial score (nSPS) is 12.1. The Bertz CT molecular complexity index is 2640. The lowest BCUT2D eigenvalue weighted by Gasteiger charge is -2.25. The number of benzene rings is 6. The summed E-state index contributed by atoms with van der Waals surface area (Å²) in [4.78, 5) is 7.08. The van der Waals surface area contributed by atoms with Crippen LogP contribution in [0.4, 0.5) is 17.1 Å². The molecule has 0 spiro atoms. The Morgan fingerprint density at radius 2 is 1.05 bits per heavy atom. The SMILES string of the molecule is c1ccc2cc3c(cc2c1)sc1c(N(c2ccc4c(c2)oc2ccccc24)c2ccc4c(c2)oc2ccccc24)cncc13. The zero-order valence-electron chi connectivity index (χ0n) is 23.3. The minimum Gasteiger partial charge on any atom is -0.456 e. The second kappa shape index (κ2) is 8.93. The molecule has 0 atom stereocenters. The van der Waals surface area contributed by atoms with Crippen LogP contribution in [-0.4, -0.2) is 4.98 Å². The van der Waals surface area contributed by atoms with Crippen molar-refractivity contribution in [3.63, 3.8) is 0 Å². The van der Waals surface area contributed by atoms with Gasteiger partial charge in [-0.3, -0.25) is 4.98 Å². The molecular weight excluding hydrogens is 561 g/mol. The van der Waals surface area contributed by atoms with Crippen molar-refractivity contribution in [2.75, 3.05) is 4.90 Å². The van der Waals surface area contributed by atoms with Crippen molar-refractivity contribution < 1.29 is 8.83 Å².